The molecule has 1 aromatic carbocycles. The molecule has 30 heavy (non-hydrogen) atoms. The number of alkyl halides is 3. The molecule has 1 aliphatic heterocycles. The van der Waals surface area contributed by atoms with E-state index in [1.54, 1.807) is 0 Å². The summed E-state index contributed by atoms with van der Waals surface area (Å²) in [5, 5.41) is 17.8. The topological polar surface area (TPSA) is 114 Å². The van der Waals surface area contributed by atoms with Crippen LogP contribution >= 0.6 is 11.8 Å². The lowest BCUT2D eigenvalue weighted by molar-refractivity contribution is -0.388. The summed E-state index contributed by atoms with van der Waals surface area (Å²) >= 11 is 0.594. The van der Waals surface area contributed by atoms with E-state index in [-0.39, 0.29) is 28.0 Å². The summed E-state index contributed by atoms with van der Waals surface area (Å²) in [6, 6.07) is 3.30. The van der Waals surface area contributed by atoms with E-state index in [9.17, 15) is 31.7 Å². The monoisotopic (exact) mass is 466 g/mol. The van der Waals surface area contributed by atoms with Crippen molar-refractivity contribution in [1.82, 2.24) is 24.0 Å². The SMILES string of the molecule is CN1CCN(S(=O)(=O)c2ccc(Sc3nnc(C(F)(F)F)n3C)c([N+](=O)[O-])c2)CC1. The Bertz CT molecular complexity index is 1060. The normalized spacial score (nSPS) is 16.7. The molecule has 0 atom stereocenters. The van der Waals surface area contributed by atoms with Gasteiger partial charge in [0.25, 0.3) is 5.69 Å². The van der Waals surface area contributed by atoms with Crippen LogP contribution in [0.15, 0.2) is 33.1 Å². The predicted molar refractivity (Wildman–Crippen MR) is 99.5 cm³/mol. The van der Waals surface area contributed by atoms with Crippen molar-refractivity contribution in [2.75, 3.05) is 33.2 Å². The van der Waals surface area contributed by atoms with Gasteiger partial charge in [0.1, 0.15) is 0 Å². The maximum absolute atomic E-state index is 12.9. The molecular weight excluding hydrogens is 449 g/mol. The van der Waals surface area contributed by atoms with Crippen molar-refractivity contribution in [3.8, 4) is 0 Å². The van der Waals surface area contributed by atoms with Crippen LogP contribution in [0.5, 0.6) is 0 Å². The molecule has 0 amide bonds. The van der Waals surface area contributed by atoms with Crippen molar-refractivity contribution in [2.24, 2.45) is 7.05 Å². The van der Waals surface area contributed by atoms with E-state index in [1.807, 2.05) is 11.9 Å². The Morgan fingerprint density at radius 1 is 1.13 bits per heavy atom. The number of aromatic nitrogens is 3. The molecular formula is C15H17F3N6O4S2. The van der Waals surface area contributed by atoms with Crippen molar-refractivity contribution in [2.45, 2.75) is 21.1 Å². The number of hydrogen-bond acceptors (Lipinski definition) is 8. The summed E-state index contributed by atoms with van der Waals surface area (Å²) in [4.78, 5) is 12.4. The molecule has 2 heterocycles. The average molecular weight is 466 g/mol. The fraction of sp³-hybridized carbons (Fsp3) is 0.467. The standard InChI is InChI=1S/C15H17F3N6O4S2/c1-21-5-7-23(8-6-21)30(27,28)10-3-4-12(11(9-10)24(25)26)29-14-20-19-13(22(14)2)15(16,17)18/h3-4,9H,5-8H2,1-2H3. The Morgan fingerprint density at radius 3 is 2.30 bits per heavy atom. The van der Waals surface area contributed by atoms with Crippen molar-refractivity contribution in [1.29, 1.82) is 0 Å². The number of nitrogens with zero attached hydrogens (tertiary/aromatic N) is 6. The number of rotatable bonds is 5. The lowest BCUT2D eigenvalue weighted by Gasteiger charge is -2.31. The molecule has 1 aromatic heterocycles. The highest BCUT2D eigenvalue weighted by Gasteiger charge is 2.38. The third kappa shape index (κ3) is 4.43. The van der Waals surface area contributed by atoms with Gasteiger partial charge in [-0.2, -0.15) is 17.5 Å². The molecule has 0 saturated carbocycles. The second kappa shape index (κ2) is 8.13. The molecule has 0 bridgehead atoms. The summed E-state index contributed by atoms with van der Waals surface area (Å²) in [5.74, 6) is -1.25. The molecule has 0 aliphatic carbocycles. The zero-order chi connectivity index (χ0) is 22.3. The van der Waals surface area contributed by atoms with Gasteiger partial charge in [0.15, 0.2) is 5.16 Å². The predicted octanol–water partition coefficient (Wildman–Crippen LogP) is 1.83. The van der Waals surface area contributed by atoms with Gasteiger partial charge in [0.05, 0.1) is 14.7 Å². The molecule has 0 radical (unpaired) electrons. The first-order valence-electron chi connectivity index (χ1n) is 8.53. The van der Waals surface area contributed by atoms with Gasteiger partial charge < -0.3 is 9.47 Å². The second-order valence-corrected chi connectivity index (χ2v) is 9.51. The highest BCUT2D eigenvalue weighted by molar-refractivity contribution is 7.99. The Morgan fingerprint density at radius 2 is 1.77 bits per heavy atom. The number of nitro groups is 1. The average Bonchev–Trinajstić information content (AvgIpc) is 3.03. The minimum Gasteiger partial charge on any atom is -0.304 e. The fourth-order valence-corrected chi connectivity index (χ4v) is 5.13. The molecule has 1 aliphatic rings. The molecule has 10 nitrogen and oxygen atoms in total. The first-order valence-corrected chi connectivity index (χ1v) is 10.8. The van der Waals surface area contributed by atoms with Gasteiger partial charge in [-0.25, -0.2) is 8.42 Å². The van der Waals surface area contributed by atoms with Crippen molar-refractivity contribution in [3.05, 3.63) is 34.1 Å². The Kier molecular flexibility index (Phi) is 6.08. The summed E-state index contributed by atoms with van der Waals surface area (Å²) in [6.45, 7) is 1.57. The molecule has 0 unspecified atom stereocenters. The van der Waals surface area contributed by atoms with Gasteiger partial charge in [-0.05, 0) is 30.9 Å². The molecule has 1 saturated heterocycles. The molecule has 2 aromatic rings. The van der Waals surface area contributed by atoms with Crippen molar-refractivity contribution >= 4 is 27.5 Å². The van der Waals surface area contributed by atoms with Crippen LogP contribution in [0.4, 0.5) is 18.9 Å². The zero-order valence-corrected chi connectivity index (χ0v) is 17.5. The van der Waals surface area contributed by atoms with Gasteiger partial charge in [-0.15, -0.1) is 10.2 Å². The third-order valence-corrected chi connectivity index (χ3v) is 7.51. The summed E-state index contributed by atoms with van der Waals surface area (Å²) in [6.07, 6.45) is -4.73. The van der Waals surface area contributed by atoms with E-state index in [2.05, 4.69) is 10.2 Å². The van der Waals surface area contributed by atoms with E-state index in [1.165, 1.54) is 16.4 Å². The van der Waals surface area contributed by atoms with Crippen LogP contribution < -0.4 is 0 Å². The van der Waals surface area contributed by atoms with E-state index >= 15 is 0 Å². The number of likely N-dealkylation sites (N-methyl/N-ethyl adjacent to an activating group) is 1. The van der Waals surface area contributed by atoms with Gasteiger partial charge in [-0.1, -0.05) is 0 Å². The molecule has 1 fully saturated rings. The van der Waals surface area contributed by atoms with Gasteiger partial charge in [0, 0.05) is 39.3 Å². The summed E-state index contributed by atoms with van der Waals surface area (Å²) in [7, 11) is -0.998. The van der Waals surface area contributed by atoms with E-state index in [0.717, 1.165) is 13.1 Å². The van der Waals surface area contributed by atoms with Crippen LogP contribution in [-0.2, 0) is 23.2 Å². The molecule has 164 valence electrons. The number of halogens is 3. The fourth-order valence-electron chi connectivity index (χ4n) is 2.81. The quantitative estimate of drug-likeness (QED) is 0.484. The smallest absolute Gasteiger partial charge is 0.304 e. The van der Waals surface area contributed by atoms with Crippen molar-refractivity contribution in [3.63, 3.8) is 0 Å². The van der Waals surface area contributed by atoms with Crippen LogP contribution in [-0.4, -0.2) is 70.5 Å². The van der Waals surface area contributed by atoms with Crippen LogP contribution in [0.25, 0.3) is 0 Å². The minimum atomic E-state index is -4.73. The highest BCUT2D eigenvalue weighted by Crippen LogP contribution is 2.37. The minimum absolute atomic E-state index is 0.0541. The Labute approximate surface area is 173 Å². The second-order valence-electron chi connectivity index (χ2n) is 6.56. The molecule has 0 N–H and O–H groups in total. The third-order valence-electron chi connectivity index (χ3n) is 4.52. The molecule has 15 heteroatoms. The maximum atomic E-state index is 12.9. The number of sulfonamides is 1. The van der Waals surface area contributed by atoms with E-state index < -0.39 is 32.6 Å². The Balaban J connectivity index is 1.93. The first kappa shape index (κ1) is 22.5. The largest absolute Gasteiger partial charge is 0.451 e. The summed E-state index contributed by atoms with van der Waals surface area (Å²) < 4.78 is 66.2. The number of piperazine rings is 1. The number of hydrogen-bond donors (Lipinski definition) is 0. The van der Waals surface area contributed by atoms with Crippen LogP contribution in [0, 0.1) is 10.1 Å². The molecule has 0 spiro atoms. The highest BCUT2D eigenvalue weighted by atomic mass is 32.2. The van der Waals surface area contributed by atoms with Crippen LogP contribution in [0.1, 0.15) is 5.82 Å². The van der Waals surface area contributed by atoms with Crippen molar-refractivity contribution < 1.29 is 26.5 Å². The van der Waals surface area contributed by atoms with E-state index in [0.29, 0.717) is 29.4 Å². The van der Waals surface area contributed by atoms with Gasteiger partial charge in [-0.3, -0.25) is 10.1 Å². The van der Waals surface area contributed by atoms with E-state index in [4.69, 9.17) is 0 Å². The lowest BCUT2D eigenvalue weighted by atomic mass is 10.3. The lowest BCUT2D eigenvalue weighted by Crippen LogP contribution is -2.47. The first-order chi connectivity index (χ1) is 13.9. The zero-order valence-electron chi connectivity index (χ0n) is 15.8. The van der Waals surface area contributed by atoms with Crippen LogP contribution in [0.3, 0.4) is 0 Å². The number of nitro benzene ring substituents is 1. The Hall–Kier alpha value is -2.23. The van der Waals surface area contributed by atoms with Gasteiger partial charge >= 0.3 is 6.18 Å². The van der Waals surface area contributed by atoms with Gasteiger partial charge in [0.2, 0.25) is 15.8 Å². The maximum Gasteiger partial charge on any atom is 0.451 e. The molecule has 3 rings (SSSR count). The number of benzene rings is 1. The summed E-state index contributed by atoms with van der Waals surface area (Å²) in [5.41, 5.74) is -0.549. The van der Waals surface area contributed by atoms with Crippen LogP contribution in [0.2, 0.25) is 0 Å².